The summed E-state index contributed by atoms with van der Waals surface area (Å²) in [5, 5.41) is 4.26. The van der Waals surface area contributed by atoms with Crippen molar-refractivity contribution >= 4 is 15.9 Å². The van der Waals surface area contributed by atoms with E-state index in [1.165, 1.54) is 0 Å². The number of benzene rings is 1. The Kier molecular flexibility index (Phi) is 4.71. The van der Waals surface area contributed by atoms with Gasteiger partial charge in [-0.05, 0) is 23.6 Å². The van der Waals surface area contributed by atoms with Crippen LogP contribution in [0.2, 0.25) is 0 Å². The second-order valence-electron chi connectivity index (χ2n) is 5.12. The SMILES string of the molecule is CC(C)Cn1ncnc1CC(N)c1cccc(Br)c1. The van der Waals surface area contributed by atoms with Crippen LogP contribution in [0.25, 0.3) is 0 Å². The third-order valence-corrected chi connectivity index (χ3v) is 3.41. The lowest BCUT2D eigenvalue weighted by Crippen LogP contribution is -2.18. The Hall–Kier alpha value is -1.20. The van der Waals surface area contributed by atoms with Gasteiger partial charge in [0.05, 0.1) is 0 Å². The molecule has 1 heterocycles. The first-order chi connectivity index (χ1) is 9.06. The number of rotatable bonds is 5. The van der Waals surface area contributed by atoms with Crippen LogP contribution in [-0.4, -0.2) is 14.8 Å². The fourth-order valence-electron chi connectivity index (χ4n) is 2.00. The Morgan fingerprint density at radius 1 is 1.37 bits per heavy atom. The average Bonchev–Trinajstić information content (AvgIpc) is 2.75. The van der Waals surface area contributed by atoms with Crippen LogP contribution in [0.15, 0.2) is 35.1 Å². The van der Waals surface area contributed by atoms with Crippen LogP contribution >= 0.6 is 15.9 Å². The predicted octanol–water partition coefficient (Wildman–Crippen LogP) is 2.94. The molecule has 19 heavy (non-hydrogen) atoms. The fourth-order valence-corrected chi connectivity index (χ4v) is 2.41. The second kappa shape index (κ2) is 6.30. The third-order valence-electron chi connectivity index (χ3n) is 2.91. The lowest BCUT2D eigenvalue weighted by Gasteiger charge is -2.14. The van der Waals surface area contributed by atoms with Crippen LogP contribution in [0, 0.1) is 5.92 Å². The summed E-state index contributed by atoms with van der Waals surface area (Å²) in [5.74, 6) is 1.49. The third kappa shape index (κ3) is 3.88. The molecule has 1 aromatic heterocycles. The van der Waals surface area contributed by atoms with Crippen LogP contribution in [0.3, 0.4) is 0 Å². The molecule has 102 valence electrons. The number of nitrogens with zero attached hydrogens (tertiary/aromatic N) is 3. The van der Waals surface area contributed by atoms with E-state index in [9.17, 15) is 0 Å². The summed E-state index contributed by atoms with van der Waals surface area (Å²) in [6, 6.07) is 8.02. The molecule has 1 atom stereocenters. The van der Waals surface area contributed by atoms with Crippen LogP contribution in [-0.2, 0) is 13.0 Å². The lowest BCUT2D eigenvalue weighted by atomic mass is 10.0. The molecule has 5 heteroatoms. The number of halogens is 1. The van der Waals surface area contributed by atoms with Gasteiger partial charge in [-0.1, -0.05) is 41.9 Å². The zero-order valence-electron chi connectivity index (χ0n) is 11.3. The number of hydrogen-bond acceptors (Lipinski definition) is 3. The van der Waals surface area contributed by atoms with Crippen molar-refractivity contribution in [3.8, 4) is 0 Å². The van der Waals surface area contributed by atoms with Crippen molar-refractivity contribution in [1.29, 1.82) is 0 Å². The van der Waals surface area contributed by atoms with Crippen LogP contribution in [0.1, 0.15) is 31.3 Å². The molecular weight excluding hydrogens is 304 g/mol. The molecule has 4 nitrogen and oxygen atoms in total. The monoisotopic (exact) mass is 322 g/mol. The Morgan fingerprint density at radius 3 is 2.84 bits per heavy atom. The summed E-state index contributed by atoms with van der Waals surface area (Å²) < 4.78 is 2.99. The maximum Gasteiger partial charge on any atom is 0.138 e. The van der Waals surface area contributed by atoms with Crippen molar-refractivity contribution in [2.45, 2.75) is 32.9 Å². The van der Waals surface area contributed by atoms with E-state index in [1.54, 1.807) is 6.33 Å². The summed E-state index contributed by atoms with van der Waals surface area (Å²) in [7, 11) is 0. The molecule has 0 saturated carbocycles. The number of nitrogens with two attached hydrogens (primary N) is 1. The summed E-state index contributed by atoms with van der Waals surface area (Å²) in [6.07, 6.45) is 2.30. The van der Waals surface area contributed by atoms with Crippen molar-refractivity contribution in [3.63, 3.8) is 0 Å². The molecule has 2 rings (SSSR count). The highest BCUT2D eigenvalue weighted by atomic mass is 79.9. The van der Waals surface area contributed by atoms with E-state index >= 15 is 0 Å². The topological polar surface area (TPSA) is 56.7 Å². The lowest BCUT2D eigenvalue weighted by molar-refractivity contribution is 0.459. The highest BCUT2D eigenvalue weighted by molar-refractivity contribution is 9.10. The molecule has 2 aromatic rings. The Labute approximate surface area is 122 Å². The highest BCUT2D eigenvalue weighted by Gasteiger charge is 2.13. The molecule has 0 aliphatic heterocycles. The number of hydrogen-bond donors (Lipinski definition) is 1. The molecule has 1 aromatic carbocycles. The van der Waals surface area contributed by atoms with Gasteiger partial charge in [0.2, 0.25) is 0 Å². The van der Waals surface area contributed by atoms with E-state index in [0.717, 1.165) is 22.4 Å². The summed E-state index contributed by atoms with van der Waals surface area (Å²) in [6.45, 7) is 5.21. The molecule has 2 N–H and O–H groups in total. The largest absolute Gasteiger partial charge is 0.324 e. The van der Waals surface area contributed by atoms with Gasteiger partial charge in [-0.25, -0.2) is 9.67 Å². The smallest absolute Gasteiger partial charge is 0.138 e. The number of aromatic nitrogens is 3. The molecule has 0 saturated heterocycles. The summed E-state index contributed by atoms with van der Waals surface area (Å²) in [4.78, 5) is 4.32. The van der Waals surface area contributed by atoms with Gasteiger partial charge in [0, 0.05) is 23.5 Å². The van der Waals surface area contributed by atoms with E-state index < -0.39 is 0 Å². The zero-order valence-corrected chi connectivity index (χ0v) is 12.8. The van der Waals surface area contributed by atoms with Gasteiger partial charge in [-0.2, -0.15) is 5.10 Å². The van der Waals surface area contributed by atoms with Gasteiger partial charge >= 0.3 is 0 Å². The van der Waals surface area contributed by atoms with E-state index in [-0.39, 0.29) is 6.04 Å². The quantitative estimate of drug-likeness (QED) is 0.920. The molecule has 0 fully saturated rings. The van der Waals surface area contributed by atoms with Crippen molar-refractivity contribution in [3.05, 3.63) is 46.5 Å². The molecule has 0 aliphatic rings. The Balaban J connectivity index is 2.10. The van der Waals surface area contributed by atoms with E-state index in [0.29, 0.717) is 12.3 Å². The normalized spacial score (nSPS) is 12.9. The van der Waals surface area contributed by atoms with Gasteiger partial charge < -0.3 is 5.73 Å². The van der Waals surface area contributed by atoms with E-state index in [2.05, 4.69) is 39.9 Å². The molecule has 0 radical (unpaired) electrons. The van der Waals surface area contributed by atoms with Gasteiger partial charge in [0.25, 0.3) is 0 Å². The minimum atomic E-state index is -0.0624. The van der Waals surface area contributed by atoms with Crippen LogP contribution in [0.4, 0.5) is 0 Å². The average molecular weight is 323 g/mol. The minimum Gasteiger partial charge on any atom is -0.324 e. The molecule has 0 spiro atoms. The fraction of sp³-hybridized carbons (Fsp3) is 0.429. The van der Waals surface area contributed by atoms with Crippen LogP contribution in [0.5, 0.6) is 0 Å². The maximum atomic E-state index is 6.25. The molecule has 1 unspecified atom stereocenters. The molecular formula is C14H19BrN4. The molecule has 0 amide bonds. The minimum absolute atomic E-state index is 0.0624. The first-order valence-corrected chi connectivity index (χ1v) is 7.23. The van der Waals surface area contributed by atoms with Crippen molar-refractivity contribution < 1.29 is 0 Å². The predicted molar refractivity (Wildman–Crippen MR) is 79.6 cm³/mol. The van der Waals surface area contributed by atoms with Crippen LogP contribution < -0.4 is 5.73 Å². The maximum absolute atomic E-state index is 6.25. The van der Waals surface area contributed by atoms with Crippen molar-refractivity contribution in [1.82, 2.24) is 14.8 Å². The van der Waals surface area contributed by atoms with Gasteiger partial charge in [0.1, 0.15) is 12.2 Å². The van der Waals surface area contributed by atoms with Gasteiger partial charge in [-0.15, -0.1) is 0 Å². The summed E-state index contributed by atoms with van der Waals surface area (Å²) >= 11 is 3.47. The van der Waals surface area contributed by atoms with Gasteiger partial charge in [-0.3, -0.25) is 0 Å². The first-order valence-electron chi connectivity index (χ1n) is 6.44. The molecule has 0 aliphatic carbocycles. The van der Waals surface area contributed by atoms with Gasteiger partial charge in [0.15, 0.2) is 0 Å². The van der Waals surface area contributed by atoms with Crippen molar-refractivity contribution in [2.75, 3.05) is 0 Å². The Bertz CT molecular complexity index is 536. The van der Waals surface area contributed by atoms with Crippen molar-refractivity contribution in [2.24, 2.45) is 11.7 Å². The zero-order chi connectivity index (χ0) is 13.8. The Morgan fingerprint density at radius 2 is 2.16 bits per heavy atom. The standard InChI is InChI=1S/C14H19BrN4/c1-10(2)8-19-14(17-9-18-19)7-13(16)11-4-3-5-12(15)6-11/h3-6,9-10,13H,7-8,16H2,1-2H3. The van der Waals surface area contributed by atoms with E-state index in [4.69, 9.17) is 5.73 Å². The second-order valence-corrected chi connectivity index (χ2v) is 6.03. The van der Waals surface area contributed by atoms with E-state index in [1.807, 2.05) is 28.9 Å². The summed E-state index contributed by atoms with van der Waals surface area (Å²) in [5.41, 5.74) is 7.36. The first kappa shape index (κ1) is 14.2. The molecule has 0 bridgehead atoms. The highest BCUT2D eigenvalue weighted by Crippen LogP contribution is 2.19.